The zero-order valence-electron chi connectivity index (χ0n) is 14.4. The molecule has 1 aliphatic carbocycles. The molecule has 1 saturated carbocycles. The normalized spacial score (nSPS) is 25.2. The Labute approximate surface area is 147 Å². The van der Waals surface area contributed by atoms with Crippen molar-refractivity contribution in [2.24, 2.45) is 24.8 Å². The summed E-state index contributed by atoms with van der Waals surface area (Å²) < 4.78 is 8.11. The van der Waals surface area contributed by atoms with E-state index in [-0.39, 0.29) is 0 Å². The SMILES string of the molecule is Cn1c(CN2C[C@@H]3C(COc4ccccc4)[C@@H]3C2)nc2ccncc21. The van der Waals surface area contributed by atoms with E-state index in [0.29, 0.717) is 0 Å². The molecule has 5 nitrogen and oxygen atoms in total. The summed E-state index contributed by atoms with van der Waals surface area (Å²) >= 11 is 0. The third-order valence-corrected chi connectivity index (χ3v) is 5.77. The summed E-state index contributed by atoms with van der Waals surface area (Å²) in [5, 5.41) is 0. The van der Waals surface area contributed by atoms with Gasteiger partial charge < -0.3 is 9.30 Å². The van der Waals surface area contributed by atoms with E-state index in [0.717, 1.165) is 66.6 Å². The Kier molecular flexibility index (Phi) is 3.48. The maximum Gasteiger partial charge on any atom is 0.123 e. The number of hydrogen-bond donors (Lipinski definition) is 0. The van der Waals surface area contributed by atoms with Crippen LogP contribution in [-0.4, -0.2) is 39.1 Å². The van der Waals surface area contributed by atoms with Crippen LogP contribution in [0.1, 0.15) is 5.82 Å². The van der Waals surface area contributed by atoms with Crippen molar-refractivity contribution in [3.63, 3.8) is 0 Å². The van der Waals surface area contributed by atoms with Gasteiger partial charge in [-0.2, -0.15) is 0 Å². The van der Waals surface area contributed by atoms with Crippen molar-refractivity contribution in [1.82, 2.24) is 19.4 Å². The maximum atomic E-state index is 5.94. The minimum atomic E-state index is 0.723. The average molecular weight is 334 g/mol. The molecule has 0 N–H and O–H groups in total. The number of rotatable bonds is 5. The molecule has 5 heteroatoms. The van der Waals surface area contributed by atoms with Crippen LogP contribution in [0, 0.1) is 17.8 Å². The molecule has 1 unspecified atom stereocenters. The summed E-state index contributed by atoms with van der Waals surface area (Å²) in [5.74, 6) is 4.42. The lowest BCUT2D eigenvalue weighted by Gasteiger charge is -2.19. The highest BCUT2D eigenvalue weighted by molar-refractivity contribution is 5.74. The summed E-state index contributed by atoms with van der Waals surface area (Å²) in [6.07, 6.45) is 3.70. The quantitative estimate of drug-likeness (QED) is 0.720. The van der Waals surface area contributed by atoms with E-state index in [2.05, 4.69) is 21.5 Å². The van der Waals surface area contributed by atoms with E-state index < -0.39 is 0 Å². The number of likely N-dealkylation sites (tertiary alicyclic amines) is 1. The molecule has 3 heterocycles. The van der Waals surface area contributed by atoms with Gasteiger partial charge in [0.1, 0.15) is 11.6 Å². The van der Waals surface area contributed by atoms with Crippen LogP contribution in [0.5, 0.6) is 5.75 Å². The minimum Gasteiger partial charge on any atom is -0.493 e. The number of nitrogens with zero attached hydrogens (tertiary/aromatic N) is 4. The lowest BCUT2D eigenvalue weighted by Crippen LogP contribution is -2.26. The molecule has 1 aromatic carbocycles. The Hall–Kier alpha value is -2.40. The fraction of sp³-hybridized carbons (Fsp3) is 0.400. The van der Waals surface area contributed by atoms with Crippen molar-refractivity contribution in [3.8, 4) is 5.75 Å². The highest BCUT2D eigenvalue weighted by Gasteiger charge is 2.55. The molecule has 1 aliphatic heterocycles. The van der Waals surface area contributed by atoms with Gasteiger partial charge in [-0.3, -0.25) is 9.88 Å². The molecule has 3 aromatic rings. The van der Waals surface area contributed by atoms with Crippen LogP contribution in [0.2, 0.25) is 0 Å². The Morgan fingerprint density at radius 1 is 1.12 bits per heavy atom. The van der Waals surface area contributed by atoms with Crippen molar-refractivity contribution in [3.05, 3.63) is 54.6 Å². The molecule has 25 heavy (non-hydrogen) atoms. The molecule has 0 radical (unpaired) electrons. The zero-order chi connectivity index (χ0) is 16.8. The molecule has 128 valence electrons. The topological polar surface area (TPSA) is 43.2 Å². The number of pyridine rings is 1. The largest absolute Gasteiger partial charge is 0.493 e. The van der Waals surface area contributed by atoms with E-state index >= 15 is 0 Å². The first-order valence-electron chi connectivity index (χ1n) is 8.95. The first-order chi connectivity index (χ1) is 12.3. The van der Waals surface area contributed by atoms with Crippen LogP contribution >= 0.6 is 0 Å². The number of aromatic nitrogens is 3. The molecule has 0 amide bonds. The van der Waals surface area contributed by atoms with E-state index in [4.69, 9.17) is 9.72 Å². The third kappa shape index (κ3) is 2.68. The molecule has 3 atom stereocenters. The predicted molar refractivity (Wildman–Crippen MR) is 96.2 cm³/mol. The summed E-state index contributed by atoms with van der Waals surface area (Å²) in [7, 11) is 2.08. The molecule has 2 aliphatic rings. The van der Waals surface area contributed by atoms with Crippen molar-refractivity contribution in [2.45, 2.75) is 6.54 Å². The van der Waals surface area contributed by atoms with Gasteiger partial charge in [-0.1, -0.05) is 18.2 Å². The second kappa shape index (κ2) is 5.85. The average Bonchev–Trinajstić information content (AvgIpc) is 2.97. The highest BCUT2D eigenvalue weighted by atomic mass is 16.5. The Morgan fingerprint density at radius 3 is 2.68 bits per heavy atom. The van der Waals surface area contributed by atoms with E-state index in [1.807, 2.05) is 48.8 Å². The van der Waals surface area contributed by atoms with Gasteiger partial charge in [-0.15, -0.1) is 0 Å². The monoisotopic (exact) mass is 334 g/mol. The number of fused-ring (bicyclic) bond motifs is 2. The summed E-state index contributed by atoms with van der Waals surface area (Å²) in [4.78, 5) is 11.5. The fourth-order valence-corrected chi connectivity index (χ4v) is 4.25. The van der Waals surface area contributed by atoms with Crippen molar-refractivity contribution >= 4 is 11.0 Å². The number of piperidine rings is 1. The van der Waals surface area contributed by atoms with Crippen LogP contribution < -0.4 is 4.74 Å². The predicted octanol–water partition coefficient (Wildman–Crippen LogP) is 2.73. The van der Waals surface area contributed by atoms with Crippen LogP contribution in [0.3, 0.4) is 0 Å². The molecule has 2 fully saturated rings. The molecule has 1 saturated heterocycles. The van der Waals surface area contributed by atoms with Crippen LogP contribution in [0.4, 0.5) is 0 Å². The first-order valence-corrected chi connectivity index (χ1v) is 8.95. The maximum absolute atomic E-state index is 5.94. The Bertz CT molecular complexity index is 879. The van der Waals surface area contributed by atoms with Crippen molar-refractivity contribution < 1.29 is 4.74 Å². The van der Waals surface area contributed by atoms with E-state index in [1.54, 1.807) is 0 Å². The first kappa shape index (κ1) is 14.9. The Morgan fingerprint density at radius 2 is 1.92 bits per heavy atom. The second-order valence-corrected chi connectivity index (χ2v) is 7.26. The van der Waals surface area contributed by atoms with E-state index in [1.165, 1.54) is 0 Å². The molecule has 2 aromatic heterocycles. The summed E-state index contributed by atoms with van der Waals surface area (Å²) in [5.41, 5.74) is 2.14. The smallest absolute Gasteiger partial charge is 0.123 e. The van der Waals surface area contributed by atoms with Gasteiger partial charge in [0.2, 0.25) is 0 Å². The number of ether oxygens (including phenoxy) is 1. The summed E-state index contributed by atoms with van der Waals surface area (Å²) in [6, 6.07) is 12.1. The van der Waals surface area contributed by atoms with Gasteiger partial charge in [0.15, 0.2) is 0 Å². The van der Waals surface area contributed by atoms with Gasteiger partial charge in [-0.25, -0.2) is 4.98 Å². The standard InChI is InChI=1S/C20H22N4O/c1-23-19-9-21-8-7-18(19)22-20(23)12-24-10-15-16(11-24)17(15)13-25-14-5-3-2-4-6-14/h2-9,15-17H,10-13H2,1H3/t15-,16+,17?. The molecule has 0 spiro atoms. The Balaban J connectivity index is 1.18. The number of imidazole rings is 1. The zero-order valence-corrected chi connectivity index (χ0v) is 14.4. The van der Waals surface area contributed by atoms with Crippen LogP contribution in [-0.2, 0) is 13.6 Å². The lowest BCUT2D eigenvalue weighted by atomic mass is 10.2. The molecule has 5 rings (SSSR count). The van der Waals surface area contributed by atoms with Gasteiger partial charge in [0.25, 0.3) is 0 Å². The van der Waals surface area contributed by atoms with Gasteiger partial charge in [-0.05, 0) is 30.0 Å². The lowest BCUT2D eigenvalue weighted by molar-refractivity contribution is 0.226. The third-order valence-electron chi connectivity index (χ3n) is 5.77. The molecular formula is C20H22N4O. The van der Waals surface area contributed by atoms with Gasteiger partial charge in [0, 0.05) is 32.3 Å². The van der Waals surface area contributed by atoms with Crippen molar-refractivity contribution in [2.75, 3.05) is 19.7 Å². The van der Waals surface area contributed by atoms with E-state index in [9.17, 15) is 0 Å². The van der Waals surface area contributed by atoms with Gasteiger partial charge in [0.05, 0.1) is 30.4 Å². The number of hydrogen-bond acceptors (Lipinski definition) is 4. The van der Waals surface area contributed by atoms with Crippen LogP contribution in [0.15, 0.2) is 48.8 Å². The number of benzene rings is 1. The number of para-hydroxylation sites is 1. The highest BCUT2D eigenvalue weighted by Crippen LogP contribution is 2.52. The van der Waals surface area contributed by atoms with Crippen molar-refractivity contribution in [1.29, 1.82) is 0 Å². The second-order valence-electron chi connectivity index (χ2n) is 7.26. The molecular weight excluding hydrogens is 312 g/mol. The molecule has 0 bridgehead atoms. The summed E-state index contributed by atoms with van der Waals surface area (Å²) in [6.45, 7) is 4.10. The van der Waals surface area contributed by atoms with Gasteiger partial charge >= 0.3 is 0 Å². The van der Waals surface area contributed by atoms with Crippen LogP contribution in [0.25, 0.3) is 11.0 Å². The fourth-order valence-electron chi connectivity index (χ4n) is 4.25. The minimum absolute atomic E-state index is 0.723. The number of aryl methyl sites for hydroxylation is 1.